The third kappa shape index (κ3) is 1.46. The molecule has 0 saturated heterocycles. The number of hydrogen-bond acceptors (Lipinski definition) is 1. The monoisotopic (exact) mass is 179 g/mol. The minimum Gasteiger partial charge on any atom is -0.330 e. The average molecular weight is 179 g/mol. The van der Waals surface area contributed by atoms with Crippen LogP contribution in [0, 0.1) is 0 Å². The fraction of sp³-hybridized carbons (Fsp3) is 0.455. The molecule has 0 bridgehead atoms. The molecule has 2 atom stereocenters. The van der Waals surface area contributed by atoms with E-state index in [2.05, 4.69) is 0 Å². The summed E-state index contributed by atoms with van der Waals surface area (Å²) < 4.78 is 13.4. The molecule has 1 nitrogen and oxygen atoms in total. The van der Waals surface area contributed by atoms with Gasteiger partial charge in [-0.2, -0.15) is 0 Å². The Hall–Kier alpha value is -0.890. The van der Waals surface area contributed by atoms with Crippen LogP contribution in [-0.2, 0) is 0 Å². The van der Waals surface area contributed by atoms with Crippen LogP contribution in [0.4, 0.5) is 4.39 Å². The molecular formula is C11H14FN. The van der Waals surface area contributed by atoms with Gasteiger partial charge in [-0.15, -0.1) is 0 Å². The van der Waals surface area contributed by atoms with E-state index in [0.29, 0.717) is 18.9 Å². The van der Waals surface area contributed by atoms with Gasteiger partial charge in [0.25, 0.3) is 0 Å². The van der Waals surface area contributed by atoms with Gasteiger partial charge in [0, 0.05) is 0 Å². The first-order valence-corrected chi connectivity index (χ1v) is 4.76. The van der Waals surface area contributed by atoms with Crippen molar-refractivity contribution in [1.29, 1.82) is 0 Å². The number of halogens is 1. The van der Waals surface area contributed by atoms with Gasteiger partial charge < -0.3 is 5.73 Å². The summed E-state index contributed by atoms with van der Waals surface area (Å²) in [6.07, 6.45) is 0.729. The van der Waals surface area contributed by atoms with Crippen LogP contribution in [0.5, 0.6) is 0 Å². The molecule has 0 spiro atoms. The van der Waals surface area contributed by atoms with Crippen molar-refractivity contribution in [2.24, 2.45) is 5.73 Å². The summed E-state index contributed by atoms with van der Waals surface area (Å²) in [5.74, 6) is 0.364. The predicted molar refractivity (Wildman–Crippen MR) is 51.3 cm³/mol. The Morgan fingerprint density at radius 2 is 1.92 bits per heavy atom. The summed E-state index contributed by atoms with van der Waals surface area (Å²) in [4.78, 5) is 0. The molecule has 1 aromatic rings. The van der Waals surface area contributed by atoms with Crippen molar-refractivity contribution >= 4 is 0 Å². The fourth-order valence-electron chi connectivity index (χ4n) is 2.07. The van der Waals surface area contributed by atoms with Crippen LogP contribution in [0.25, 0.3) is 0 Å². The molecule has 0 radical (unpaired) electrons. The Labute approximate surface area is 77.8 Å². The minimum absolute atomic E-state index is 0.364. The van der Waals surface area contributed by atoms with E-state index < -0.39 is 6.17 Å². The fourth-order valence-corrected chi connectivity index (χ4v) is 2.07. The van der Waals surface area contributed by atoms with Crippen LogP contribution in [0.2, 0.25) is 0 Å². The van der Waals surface area contributed by atoms with Crippen molar-refractivity contribution in [3.8, 4) is 0 Å². The molecule has 2 unspecified atom stereocenters. The lowest BCUT2D eigenvalue weighted by molar-refractivity contribution is 0.288. The van der Waals surface area contributed by atoms with Gasteiger partial charge >= 0.3 is 0 Å². The molecule has 70 valence electrons. The molecule has 2 N–H and O–H groups in total. The van der Waals surface area contributed by atoms with E-state index in [0.717, 1.165) is 17.5 Å². The zero-order chi connectivity index (χ0) is 9.26. The van der Waals surface area contributed by atoms with Crippen LogP contribution in [0.1, 0.15) is 36.1 Å². The number of hydrogen-bond donors (Lipinski definition) is 1. The maximum Gasteiger partial charge on any atom is 0.125 e. The normalized spacial score (nSPS) is 26.9. The van der Waals surface area contributed by atoms with E-state index >= 15 is 0 Å². The number of rotatable bonds is 1. The number of nitrogens with two attached hydrogens (primary N) is 1. The summed E-state index contributed by atoms with van der Waals surface area (Å²) in [6.45, 7) is 0.629. The summed E-state index contributed by atoms with van der Waals surface area (Å²) >= 11 is 0. The van der Waals surface area contributed by atoms with Gasteiger partial charge in [-0.05, 0) is 36.4 Å². The Balaban J connectivity index is 2.42. The molecule has 2 heteroatoms. The van der Waals surface area contributed by atoms with Crippen molar-refractivity contribution in [2.75, 3.05) is 6.54 Å². The van der Waals surface area contributed by atoms with Crippen LogP contribution in [-0.4, -0.2) is 6.54 Å². The summed E-state index contributed by atoms with van der Waals surface area (Å²) in [5, 5.41) is 0. The third-order valence-electron chi connectivity index (χ3n) is 2.83. The predicted octanol–water partition coefficient (Wildman–Crippen LogP) is 2.53. The Bertz CT molecular complexity index is 298. The van der Waals surface area contributed by atoms with E-state index in [4.69, 9.17) is 5.73 Å². The summed E-state index contributed by atoms with van der Waals surface area (Å²) in [7, 11) is 0. The number of benzene rings is 1. The quantitative estimate of drug-likeness (QED) is 0.704. The van der Waals surface area contributed by atoms with Gasteiger partial charge in [0.05, 0.1) is 0 Å². The van der Waals surface area contributed by atoms with Gasteiger partial charge in [-0.1, -0.05) is 24.3 Å². The largest absolute Gasteiger partial charge is 0.330 e. The Morgan fingerprint density at radius 3 is 2.62 bits per heavy atom. The van der Waals surface area contributed by atoms with E-state index in [1.54, 1.807) is 0 Å². The Morgan fingerprint density at radius 1 is 1.23 bits per heavy atom. The second kappa shape index (κ2) is 3.46. The molecular weight excluding hydrogens is 165 g/mol. The van der Waals surface area contributed by atoms with E-state index in [9.17, 15) is 4.39 Å². The van der Waals surface area contributed by atoms with E-state index in [1.807, 2.05) is 24.3 Å². The van der Waals surface area contributed by atoms with Crippen LogP contribution < -0.4 is 5.73 Å². The highest BCUT2D eigenvalue weighted by atomic mass is 19.1. The van der Waals surface area contributed by atoms with Crippen molar-refractivity contribution in [1.82, 2.24) is 0 Å². The topological polar surface area (TPSA) is 26.0 Å². The number of fused-ring (bicyclic) bond motifs is 1. The van der Waals surface area contributed by atoms with Gasteiger partial charge in [0.2, 0.25) is 0 Å². The van der Waals surface area contributed by atoms with Crippen LogP contribution in [0.15, 0.2) is 24.3 Å². The molecule has 0 aliphatic heterocycles. The summed E-state index contributed by atoms with van der Waals surface area (Å²) in [6, 6.07) is 7.73. The SMILES string of the molecule is NCC1CCC(F)c2ccccc21. The second-order valence-electron chi connectivity index (χ2n) is 3.61. The molecule has 1 aromatic carbocycles. The van der Waals surface area contributed by atoms with Crippen molar-refractivity contribution in [3.05, 3.63) is 35.4 Å². The second-order valence-corrected chi connectivity index (χ2v) is 3.61. The summed E-state index contributed by atoms with van der Waals surface area (Å²) in [5.41, 5.74) is 7.61. The first-order chi connectivity index (χ1) is 6.33. The average Bonchev–Trinajstić information content (AvgIpc) is 2.19. The van der Waals surface area contributed by atoms with Crippen molar-refractivity contribution < 1.29 is 4.39 Å². The molecule has 0 saturated carbocycles. The number of alkyl halides is 1. The molecule has 0 heterocycles. The first-order valence-electron chi connectivity index (χ1n) is 4.76. The van der Waals surface area contributed by atoms with E-state index in [1.165, 1.54) is 0 Å². The highest BCUT2D eigenvalue weighted by molar-refractivity contribution is 5.34. The lowest BCUT2D eigenvalue weighted by atomic mass is 9.82. The molecule has 0 fully saturated rings. The van der Waals surface area contributed by atoms with Crippen LogP contribution in [0.3, 0.4) is 0 Å². The zero-order valence-electron chi connectivity index (χ0n) is 7.54. The van der Waals surface area contributed by atoms with Gasteiger partial charge in [0.15, 0.2) is 0 Å². The van der Waals surface area contributed by atoms with Crippen LogP contribution >= 0.6 is 0 Å². The molecule has 1 aliphatic rings. The lowest BCUT2D eigenvalue weighted by Gasteiger charge is -2.26. The Kier molecular flexibility index (Phi) is 2.32. The molecule has 0 aromatic heterocycles. The van der Waals surface area contributed by atoms with Gasteiger partial charge in [-0.25, -0.2) is 4.39 Å². The zero-order valence-corrected chi connectivity index (χ0v) is 7.54. The molecule has 0 amide bonds. The van der Waals surface area contributed by atoms with Crippen molar-refractivity contribution in [3.63, 3.8) is 0 Å². The highest BCUT2D eigenvalue weighted by Crippen LogP contribution is 2.38. The molecule has 13 heavy (non-hydrogen) atoms. The maximum atomic E-state index is 13.4. The maximum absolute atomic E-state index is 13.4. The van der Waals surface area contributed by atoms with E-state index in [-0.39, 0.29) is 0 Å². The lowest BCUT2D eigenvalue weighted by Crippen LogP contribution is -2.19. The smallest absolute Gasteiger partial charge is 0.125 e. The molecule has 2 rings (SSSR count). The van der Waals surface area contributed by atoms with Gasteiger partial charge in [-0.3, -0.25) is 0 Å². The first kappa shape index (κ1) is 8.70. The standard InChI is InChI=1S/C11H14FN/c12-11-6-5-8(7-13)9-3-1-2-4-10(9)11/h1-4,8,11H,5-7,13H2. The van der Waals surface area contributed by atoms with Gasteiger partial charge in [0.1, 0.15) is 6.17 Å². The molecule has 1 aliphatic carbocycles. The third-order valence-corrected chi connectivity index (χ3v) is 2.83. The highest BCUT2D eigenvalue weighted by Gasteiger charge is 2.25. The minimum atomic E-state index is -0.779. The van der Waals surface area contributed by atoms with Crippen molar-refractivity contribution in [2.45, 2.75) is 24.9 Å².